The fourth-order valence-corrected chi connectivity index (χ4v) is 2.68. The van der Waals surface area contributed by atoms with Gasteiger partial charge in [-0.1, -0.05) is 18.2 Å². The van der Waals surface area contributed by atoms with Crippen molar-refractivity contribution in [1.82, 2.24) is 0 Å². The molecule has 2 heterocycles. The number of halogens is 1. The number of carboxylic acids is 1. The Labute approximate surface area is 122 Å². The van der Waals surface area contributed by atoms with E-state index in [-0.39, 0.29) is 18.2 Å². The molecule has 0 radical (unpaired) electrons. The molecule has 1 atom stereocenters. The van der Waals surface area contributed by atoms with E-state index in [2.05, 4.69) is 15.9 Å². The molecule has 0 aliphatic carbocycles. The van der Waals surface area contributed by atoms with Crippen LogP contribution in [0.1, 0.15) is 22.0 Å². The number of aliphatic carboxylic acids is 1. The molecule has 0 spiro atoms. The molecule has 2 aromatic rings. The quantitative estimate of drug-likeness (QED) is 0.915. The van der Waals surface area contributed by atoms with Crippen molar-refractivity contribution in [3.8, 4) is 0 Å². The molecule has 3 rings (SSSR count). The number of anilines is 1. The van der Waals surface area contributed by atoms with E-state index in [4.69, 9.17) is 4.42 Å². The minimum Gasteiger partial charge on any atom is -0.481 e. The average Bonchev–Trinajstić information content (AvgIpc) is 3.02. The molecule has 1 aliphatic rings. The lowest BCUT2D eigenvalue weighted by Gasteiger charge is -2.15. The maximum absolute atomic E-state index is 12.4. The summed E-state index contributed by atoms with van der Waals surface area (Å²) in [7, 11) is 0. The highest BCUT2D eigenvalue weighted by Gasteiger charge is 2.37. The predicted molar refractivity (Wildman–Crippen MR) is 74.9 cm³/mol. The number of para-hydroxylation sites is 1. The van der Waals surface area contributed by atoms with E-state index in [0.717, 1.165) is 0 Å². The van der Waals surface area contributed by atoms with Gasteiger partial charge in [0.1, 0.15) is 5.92 Å². The van der Waals surface area contributed by atoms with Crippen LogP contribution in [0.3, 0.4) is 0 Å². The van der Waals surface area contributed by atoms with Gasteiger partial charge in [0.05, 0.1) is 0 Å². The van der Waals surface area contributed by atoms with Gasteiger partial charge in [0.2, 0.25) is 0 Å². The number of fused-ring (bicyclic) bond motifs is 1. The molecule has 1 aliphatic heterocycles. The third kappa shape index (κ3) is 2.02. The van der Waals surface area contributed by atoms with Crippen molar-refractivity contribution in [2.75, 3.05) is 11.4 Å². The van der Waals surface area contributed by atoms with Crippen molar-refractivity contribution < 1.29 is 19.1 Å². The second kappa shape index (κ2) is 4.79. The smallest absolute Gasteiger partial charge is 0.312 e. The van der Waals surface area contributed by atoms with E-state index in [1.165, 1.54) is 4.90 Å². The van der Waals surface area contributed by atoms with Gasteiger partial charge < -0.3 is 14.4 Å². The number of carbonyl (C=O) groups is 2. The lowest BCUT2D eigenvalue weighted by atomic mass is 10.0. The molecule has 1 aromatic carbocycles. The molecule has 1 aromatic heterocycles. The summed E-state index contributed by atoms with van der Waals surface area (Å²) in [5, 5.41) is 9.27. The molecular weight excluding hydrogens is 326 g/mol. The number of amides is 1. The van der Waals surface area contributed by atoms with Gasteiger partial charge in [-0.2, -0.15) is 0 Å². The fraction of sp³-hybridized carbons (Fsp3) is 0.143. The fourth-order valence-electron chi connectivity index (χ4n) is 2.37. The van der Waals surface area contributed by atoms with Crippen LogP contribution in [0.25, 0.3) is 0 Å². The first-order valence-corrected chi connectivity index (χ1v) is 6.76. The normalized spacial score (nSPS) is 17.1. The average molecular weight is 336 g/mol. The molecule has 1 N–H and O–H groups in total. The Balaban J connectivity index is 2.00. The van der Waals surface area contributed by atoms with Crippen LogP contribution in [0.4, 0.5) is 5.69 Å². The van der Waals surface area contributed by atoms with Crippen LogP contribution in [0.15, 0.2) is 45.5 Å². The third-order valence-electron chi connectivity index (χ3n) is 3.30. The van der Waals surface area contributed by atoms with Gasteiger partial charge in [-0.05, 0) is 39.7 Å². The highest BCUT2D eigenvalue weighted by molar-refractivity contribution is 9.10. The van der Waals surface area contributed by atoms with Crippen LogP contribution in [0.2, 0.25) is 0 Å². The highest BCUT2D eigenvalue weighted by Crippen LogP contribution is 2.37. The molecule has 0 fully saturated rings. The summed E-state index contributed by atoms with van der Waals surface area (Å²) in [6.07, 6.45) is 0. The number of carbonyl (C=O) groups excluding carboxylic acids is 1. The summed E-state index contributed by atoms with van der Waals surface area (Å²) in [6, 6.07) is 10.2. The van der Waals surface area contributed by atoms with Gasteiger partial charge in [-0.3, -0.25) is 9.59 Å². The van der Waals surface area contributed by atoms with Gasteiger partial charge in [0.25, 0.3) is 5.91 Å². The van der Waals surface area contributed by atoms with Crippen LogP contribution in [0.5, 0.6) is 0 Å². The third-order valence-corrected chi connectivity index (χ3v) is 3.72. The Bertz CT molecular complexity index is 694. The summed E-state index contributed by atoms with van der Waals surface area (Å²) >= 11 is 3.14. The number of hydrogen-bond acceptors (Lipinski definition) is 3. The van der Waals surface area contributed by atoms with Gasteiger partial charge in [0.15, 0.2) is 10.4 Å². The van der Waals surface area contributed by atoms with Gasteiger partial charge in [-0.25, -0.2) is 0 Å². The SMILES string of the molecule is O=C(O)C1CN(C(=O)c2ccc(Br)o2)c2ccccc21. The summed E-state index contributed by atoms with van der Waals surface area (Å²) < 4.78 is 5.71. The Morgan fingerprint density at radius 2 is 2.00 bits per heavy atom. The first-order valence-electron chi connectivity index (χ1n) is 5.97. The van der Waals surface area contributed by atoms with Crippen LogP contribution in [-0.4, -0.2) is 23.5 Å². The largest absolute Gasteiger partial charge is 0.481 e. The first-order chi connectivity index (χ1) is 9.58. The van der Waals surface area contributed by atoms with Crippen LogP contribution >= 0.6 is 15.9 Å². The zero-order chi connectivity index (χ0) is 14.3. The molecule has 102 valence electrons. The molecule has 6 heteroatoms. The molecule has 20 heavy (non-hydrogen) atoms. The van der Waals surface area contributed by atoms with Gasteiger partial charge in [-0.15, -0.1) is 0 Å². The monoisotopic (exact) mass is 335 g/mol. The molecular formula is C14H10BrNO4. The zero-order valence-electron chi connectivity index (χ0n) is 10.2. The number of benzene rings is 1. The molecule has 1 unspecified atom stereocenters. The summed E-state index contributed by atoms with van der Waals surface area (Å²) in [6.45, 7) is 0.117. The second-order valence-electron chi connectivity index (χ2n) is 4.47. The van der Waals surface area contributed by atoms with Gasteiger partial charge >= 0.3 is 5.97 Å². The molecule has 0 saturated carbocycles. The highest BCUT2D eigenvalue weighted by atomic mass is 79.9. The van der Waals surface area contributed by atoms with E-state index in [9.17, 15) is 14.7 Å². The number of carboxylic acid groups (broad SMARTS) is 1. The van der Waals surface area contributed by atoms with Crippen LogP contribution in [-0.2, 0) is 4.79 Å². The molecule has 0 saturated heterocycles. The maximum Gasteiger partial charge on any atom is 0.312 e. The van der Waals surface area contributed by atoms with Gasteiger partial charge in [0, 0.05) is 12.2 Å². The van der Waals surface area contributed by atoms with E-state index in [1.54, 1.807) is 36.4 Å². The second-order valence-corrected chi connectivity index (χ2v) is 5.25. The number of furan rings is 1. The Hall–Kier alpha value is -2.08. The zero-order valence-corrected chi connectivity index (χ0v) is 11.8. The number of rotatable bonds is 2. The van der Waals surface area contributed by atoms with Crippen molar-refractivity contribution >= 4 is 33.5 Å². The predicted octanol–water partition coefficient (Wildman–Crippen LogP) is 2.87. The number of nitrogens with zero attached hydrogens (tertiary/aromatic N) is 1. The Kier molecular flexibility index (Phi) is 3.10. The van der Waals surface area contributed by atoms with Crippen LogP contribution < -0.4 is 4.90 Å². The lowest BCUT2D eigenvalue weighted by Crippen LogP contribution is -2.30. The summed E-state index contributed by atoms with van der Waals surface area (Å²) in [4.78, 5) is 25.2. The van der Waals surface area contributed by atoms with E-state index in [1.807, 2.05) is 0 Å². The first kappa shape index (κ1) is 12.9. The topological polar surface area (TPSA) is 70.8 Å². The van der Waals surface area contributed by atoms with Crippen molar-refractivity contribution in [2.24, 2.45) is 0 Å². The minimum absolute atomic E-state index is 0.117. The Morgan fingerprint density at radius 3 is 2.65 bits per heavy atom. The summed E-state index contributed by atoms with van der Waals surface area (Å²) in [5.74, 6) is -1.80. The minimum atomic E-state index is -0.937. The van der Waals surface area contributed by atoms with E-state index >= 15 is 0 Å². The molecule has 0 bridgehead atoms. The lowest BCUT2D eigenvalue weighted by molar-refractivity contribution is -0.138. The van der Waals surface area contributed by atoms with E-state index < -0.39 is 11.9 Å². The molecule has 5 nitrogen and oxygen atoms in total. The van der Waals surface area contributed by atoms with E-state index in [0.29, 0.717) is 15.9 Å². The van der Waals surface area contributed by atoms with Crippen LogP contribution in [0, 0.1) is 0 Å². The Morgan fingerprint density at radius 1 is 1.25 bits per heavy atom. The number of hydrogen-bond donors (Lipinski definition) is 1. The van der Waals surface area contributed by atoms with Crippen molar-refractivity contribution in [2.45, 2.75) is 5.92 Å². The summed E-state index contributed by atoms with van der Waals surface area (Å²) in [5.41, 5.74) is 1.27. The van der Waals surface area contributed by atoms with Crippen molar-refractivity contribution in [3.05, 3.63) is 52.4 Å². The molecule has 1 amide bonds. The van der Waals surface area contributed by atoms with Crippen molar-refractivity contribution in [1.29, 1.82) is 0 Å². The maximum atomic E-state index is 12.4. The standard InChI is InChI=1S/C14H10BrNO4/c15-12-6-5-11(20-12)13(17)16-7-9(14(18)19)8-3-1-2-4-10(8)16/h1-6,9H,7H2,(H,18,19). The van der Waals surface area contributed by atoms with Crippen molar-refractivity contribution in [3.63, 3.8) is 0 Å².